The summed E-state index contributed by atoms with van der Waals surface area (Å²) in [5.41, 5.74) is 7.26. The Balaban J connectivity index is 1.69. The molecule has 2 aromatic carbocycles. The summed E-state index contributed by atoms with van der Waals surface area (Å²) >= 11 is 0. The number of alkyl halides is 3. The Morgan fingerprint density at radius 1 is 1.03 bits per heavy atom. The fourth-order valence-electron chi connectivity index (χ4n) is 3.25. The van der Waals surface area contributed by atoms with Gasteiger partial charge in [0.2, 0.25) is 5.82 Å². The van der Waals surface area contributed by atoms with Gasteiger partial charge in [-0.25, -0.2) is 0 Å². The Kier molecular flexibility index (Phi) is 5.13. The van der Waals surface area contributed by atoms with Crippen LogP contribution < -0.4 is 5.73 Å². The largest absolute Gasteiger partial charge is 0.416 e. The van der Waals surface area contributed by atoms with E-state index in [4.69, 9.17) is 10.3 Å². The number of nitrogens with two attached hydrogens (primary N) is 1. The van der Waals surface area contributed by atoms with Crippen LogP contribution >= 0.6 is 0 Å². The van der Waals surface area contributed by atoms with Gasteiger partial charge < -0.3 is 10.3 Å². The molecule has 0 amide bonds. The number of aryl methyl sites for hydroxylation is 1. The Bertz CT molecular complexity index is 1170. The van der Waals surface area contributed by atoms with Crippen molar-refractivity contribution in [3.63, 3.8) is 0 Å². The lowest BCUT2D eigenvalue weighted by Gasteiger charge is -2.13. The van der Waals surface area contributed by atoms with Gasteiger partial charge in [0.15, 0.2) is 5.69 Å². The SMILES string of the molecule is Cn1nc(-c2nc(-c3ccc(CCN)c(C(F)(F)F)c3)no2)cc1-c1ccccc1. The predicted molar refractivity (Wildman–Crippen MR) is 105 cm³/mol. The number of nitrogens with zero attached hydrogens (tertiary/aromatic N) is 4. The van der Waals surface area contributed by atoms with Crippen molar-refractivity contribution in [2.45, 2.75) is 12.6 Å². The second-order valence-corrected chi connectivity index (χ2v) is 6.74. The second kappa shape index (κ2) is 7.75. The van der Waals surface area contributed by atoms with E-state index in [1.165, 1.54) is 12.1 Å². The Labute approximate surface area is 170 Å². The van der Waals surface area contributed by atoms with Crippen LogP contribution in [0.1, 0.15) is 11.1 Å². The van der Waals surface area contributed by atoms with Crippen LogP contribution in [0.5, 0.6) is 0 Å². The highest BCUT2D eigenvalue weighted by Crippen LogP contribution is 2.35. The molecule has 0 spiro atoms. The van der Waals surface area contributed by atoms with E-state index in [1.807, 2.05) is 30.3 Å². The second-order valence-electron chi connectivity index (χ2n) is 6.74. The highest BCUT2D eigenvalue weighted by Gasteiger charge is 2.33. The summed E-state index contributed by atoms with van der Waals surface area (Å²) in [6.07, 6.45) is -4.37. The number of rotatable bonds is 5. The maximum absolute atomic E-state index is 13.4. The molecule has 2 aromatic heterocycles. The van der Waals surface area contributed by atoms with Crippen LogP contribution in [-0.4, -0.2) is 26.5 Å². The van der Waals surface area contributed by atoms with E-state index in [-0.39, 0.29) is 35.8 Å². The molecule has 6 nitrogen and oxygen atoms in total. The zero-order chi connectivity index (χ0) is 21.3. The number of halogens is 3. The molecule has 0 unspecified atom stereocenters. The van der Waals surface area contributed by atoms with Gasteiger partial charge in [0.05, 0.1) is 11.3 Å². The van der Waals surface area contributed by atoms with Gasteiger partial charge in [-0.3, -0.25) is 4.68 Å². The van der Waals surface area contributed by atoms with Gasteiger partial charge in [-0.05, 0) is 36.2 Å². The molecule has 4 aromatic rings. The normalized spacial score (nSPS) is 11.8. The van der Waals surface area contributed by atoms with E-state index in [0.29, 0.717) is 5.69 Å². The molecule has 30 heavy (non-hydrogen) atoms. The lowest BCUT2D eigenvalue weighted by molar-refractivity contribution is -0.138. The maximum atomic E-state index is 13.4. The first-order valence-corrected chi connectivity index (χ1v) is 9.21. The third-order valence-electron chi connectivity index (χ3n) is 4.68. The summed E-state index contributed by atoms with van der Waals surface area (Å²) in [6, 6.07) is 15.4. The molecule has 0 aliphatic rings. The van der Waals surface area contributed by atoms with E-state index in [9.17, 15) is 13.2 Å². The highest BCUT2D eigenvalue weighted by atomic mass is 19.4. The standard InChI is InChI=1S/C21H18F3N5O/c1-29-18(14-5-3-2-4-6-14)12-17(27-29)20-26-19(28-30-20)15-8-7-13(9-10-25)16(11-15)21(22,23)24/h2-8,11-12H,9-10,25H2,1H3. The van der Waals surface area contributed by atoms with Gasteiger partial charge in [0, 0.05) is 12.6 Å². The highest BCUT2D eigenvalue weighted by molar-refractivity contribution is 5.66. The minimum Gasteiger partial charge on any atom is -0.332 e. The summed E-state index contributed by atoms with van der Waals surface area (Å²) in [7, 11) is 1.79. The van der Waals surface area contributed by atoms with Crippen molar-refractivity contribution < 1.29 is 17.7 Å². The van der Waals surface area contributed by atoms with Crippen LogP contribution in [0.4, 0.5) is 13.2 Å². The smallest absolute Gasteiger partial charge is 0.332 e. The monoisotopic (exact) mass is 413 g/mol. The lowest BCUT2D eigenvalue weighted by Crippen LogP contribution is -2.12. The summed E-state index contributed by atoms with van der Waals surface area (Å²) in [5.74, 6) is 0.184. The van der Waals surface area contributed by atoms with Gasteiger partial charge in [-0.15, -0.1) is 0 Å². The number of hydrogen-bond acceptors (Lipinski definition) is 5. The average molecular weight is 413 g/mol. The number of benzene rings is 2. The third-order valence-corrected chi connectivity index (χ3v) is 4.68. The van der Waals surface area contributed by atoms with Crippen LogP contribution in [0.15, 0.2) is 59.1 Å². The zero-order valence-electron chi connectivity index (χ0n) is 16.0. The molecule has 9 heteroatoms. The molecule has 0 aliphatic carbocycles. The zero-order valence-corrected chi connectivity index (χ0v) is 16.0. The van der Waals surface area contributed by atoms with Crippen molar-refractivity contribution in [1.29, 1.82) is 0 Å². The van der Waals surface area contributed by atoms with Crippen molar-refractivity contribution in [2.24, 2.45) is 12.8 Å². The van der Waals surface area contributed by atoms with E-state index >= 15 is 0 Å². The van der Waals surface area contributed by atoms with E-state index < -0.39 is 11.7 Å². The van der Waals surface area contributed by atoms with Gasteiger partial charge in [-0.2, -0.15) is 23.3 Å². The van der Waals surface area contributed by atoms with Crippen molar-refractivity contribution in [2.75, 3.05) is 6.54 Å². The Morgan fingerprint density at radius 3 is 2.50 bits per heavy atom. The number of aromatic nitrogens is 4. The molecule has 2 N–H and O–H groups in total. The van der Waals surface area contributed by atoms with Crippen LogP contribution in [0.25, 0.3) is 34.2 Å². The molecule has 2 heterocycles. The summed E-state index contributed by atoms with van der Waals surface area (Å²) in [4.78, 5) is 4.25. The van der Waals surface area contributed by atoms with Crippen molar-refractivity contribution in [1.82, 2.24) is 19.9 Å². The van der Waals surface area contributed by atoms with Gasteiger partial charge in [0.1, 0.15) is 0 Å². The molecule has 0 atom stereocenters. The minimum absolute atomic E-state index is 0.0571. The fraction of sp³-hybridized carbons (Fsp3) is 0.190. The summed E-state index contributed by atoms with van der Waals surface area (Å²) in [5, 5.41) is 8.23. The quantitative estimate of drug-likeness (QED) is 0.527. The predicted octanol–water partition coefficient (Wildman–Crippen LogP) is 4.32. The van der Waals surface area contributed by atoms with Gasteiger partial charge in [-0.1, -0.05) is 47.6 Å². The van der Waals surface area contributed by atoms with Crippen LogP contribution in [-0.2, 0) is 19.6 Å². The molecule has 0 fully saturated rings. The third kappa shape index (κ3) is 3.84. The number of hydrogen-bond donors (Lipinski definition) is 1. The molecule has 0 aliphatic heterocycles. The van der Waals surface area contributed by atoms with E-state index in [0.717, 1.165) is 17.3 Å². The first-order valence-electron chi connectivity index (χ1n) is 9.21. The molecule has 0 bridgehead atoms. The Morgan fingerprint density at radius 2 is 1.80 bits per heavy atom. The first-order chi connectivity index (χ1) is 14.4. The van der Waals surface area contributed by atoms with E-state index in [1.54, 1.807) is 17.8 Å². The van der Waals surface area contributed by atoms with Crippen molar-refractivity contribution >= 4 is 0 Å². The molecule has 0 saturated heterocycles. The first kappa shape index (κ1) is 19.8. The molecular formula is C21H18F3N5O. The Hall–Kier alpha value is -3.46. The van der Waals surface area contributed by atoms with Gasteiger partial charge >= 0.3 is 6.18 Å². The van der Waals surface area contributed by atoms with Crippen molar-refractivity contribution in [3.05, 3.63) is 65.7 Å². The van der Waals surface area contributed by atoms with Crippen molar-refractivity contribution in [3.8, 4) is 34.2 Å². The summed E-state index contributed by atoms with van der Waals surface area (Å²) < 4.78 is 47.2. The van der Waals surface area contributed by atoms with E-state index in [2.05, 4.69) is 15.2 Å². The average Bonchev–Trinajstić information content (AvgIpc) is 3.35. The van der Waals surface area contributed by atoms with Gasteiger partial charge in [0.25, 0.3) is 5.89 Å². The lowest BCUT2D eigenvalue weighted by atomic mass is 10.0. The topological polar surface area (TPSA) is 82.8 Å². The molecule has 4 rings (SSSR count). The van der Waals surface area contributed by atoms with Crippen LogP contribution in [0.3, 0.4) is 0 Å². The molecule has 0 saturated carbocycles. The van der Waals surface area contributed by atoms with Crippen LogP contribution in [0.2, 0.25) is 0 Å². The fourth-order valence-corrected chi connectivity index (χ4v) is 3.25. The minimum atomic E-state index is -4.50. The summed E-state index contributed by atoms with van der Waals surface area (Å²) in [6.45, 7) is 0.123. The molecular weight excluding hydrogens is 395 g/mol. The molecule has 154 valence electrons. The maximum Gasteiger partial charge on any atom is 0.416 e. The van der Waals surface area contributed by atoms with Crippen LogP contribution in [0, 0.1) is 0 Å². The molecule has 0 radical (unpaired) electrons.